The molecule has 2 rings (SSSR count). The zero-order valence-corrected chi connectivity index (χ0v) is 21.3. The van der Waals surface area contributed by atoms with Crippen LogP contribution in [-0.4, -0.2) is 50.8 Å². The molecule has 0 saturated heterocycles. The Morgan fingerprint density at radius 2 is 1.52 bits per heavy atom. The average molecular weight is 437 g/mol. The maximum atomic E-state index is 13.7. The topological polar surface area (TPSA) is 44.8 Å². The van der Waals surface area contributed by atoms with Crippen LogP contribution in [0.5, 0.6) is 5.75 Å². The quantitative estimate of drug-likeness (QED) is 0.278. The van der Waals surface area contributed by atoms with Gasteiger partial charge in [0.15, 0.2) is 0 Å². The first-order valence-electron chi connectivity index (χ1n) is 10.6. The Hall–Kier alpha value is -1.14. The van der Waals surface area contributed by atoms with E-state index in [1.165, 1.54) is 5.56 Å². The van der Waals surface area contributed by atoms with E-state index in [2.05, 4.69) is 32.9 Å². The molecule has 0 aromatic heterocycles. The van der Waals surface area contributed by atoms with E-state index in [0.29, 0.717) is 26.4 Å². The van der Waals surface area contributed by atoms with Crippen molar-refractivity contribution < 1.29 is 18.8 Å². The molecule has 0 aliphatic rings. The number of ether oxygens (including phenoxy) is 2. The Bertz CT molecular complexity index is 821. The molecule has 0 N–H and O–H groups in total. The number of rotatable bonds is 10. The van der Waals surface area contributed by atoms with Gasteiger partial charge < -0.3 is 14.0 Å². The largest absolute Gasteiger partial charge is 0.494 e. The third-order valence-corrected chi connectivity index (χ3v) is 6.63. The Morgan fingerprint density at radius 3 is 2.00 bits per heavy atom. The van der Waals surface area contributed by atoms with Crippen molar-refractivity contribution in [3.63, 3.8) is 0 Å². The summed E-state index contributed by atoms with van der Waals surface area (Å²) in [5.41, 5.74) is 4.07. The fraction of sp³-hybridized carbons (Fsp3) is 0.480. The monoisotopic (exact) mass is 437 g/mol. The molecule has 0 heterocycles. The summed E-state index contributed by atoms with van der Waals surface area (Å²) in [5.74, 6) is 0.792. The molecule has 4 nitrogen and oxygen atoms in total. The van der Waals surface area contributed by atoms with Gasteiger partial charge in [0.25, 0.3) is 0 Å². The van der Waals surface area contributed by atoms with Crippen LogP contribution in [0.25, 0.3) is 0 Å². The predicted octanol–water partition coefficient (Wildman–Crippen LogP) is 5.53. The Morgan fingerprint density at radius 1 is 0.935 bits per heavy atom. The van der Waals surface area contributed by atoms with E-state index in [1.807, 2.05) is 52.0 Å². The normalized spacial score (nSPS) is 12.2. The molecule has 6 heteroatoms. The second-order valence-corrected chi connectivity index (χ2v) is 10.1. The van der Waals surface area contributed by atoms with Crippen molar-refractivity contribution in [2.24, 2.45) is 0 Å². The fourth-order valence-corrected chi connectivity index (χ4v) is 5.00. The van der Waals surface area contributed by atoms with Crippen LogP contribution in [0.1, 0.15) is 61.7 Å². The van der Waals surface area contributed by atoms with Crippen molar-refractivity contribution in [1.29, 1.82) is 0 Å². The van der Waals surface area contributed by atoms with Gasteiger partial charge in [0, 0.05) is 36.3 Å². The minimum atomic E-state index is -1.48. The Balaban J connectivity index is 0.00000480. The maximum absolute atomic E-state index is 13.7. The first-order chi connectivity index (χ1) is 14.2. The van der Waals surface area contributed by atoms with E-state index in [4.69, 9.17) is 14.0 Å². The number of hydrogen-bond acceptors (Lipinski definition) is 4. The smallest absolute Gasteiger partial charge is 0.216 e. The van der Waals surface area contributed by atoms with Gasteiger partial charge in [-0.1, -0.05) is 32.9 Å². The minimum Gasteiger partial charge on any atom is -0.494 e. The molecule has 0 spiro atoms. The van der Waals surface area contributed by atoms with Crippen LogP contribution in [0, 0.1) is 13.8 Å². The van der Waals surface area contributed by atoms with Crippen LogP contribution >= 0.6 is 8.15 Å². The van der Waals surface area contributed by atoms with Gasteiger partial charge in [-0.15, -0.1) is 0 Å². The summed E-state index contributed by atoms with van der Waals surface area (Å²) in [5, 5.41) is 0.883. The molecule has 1 atom stereocenters. The summed E-state index contributed by atoms with van der Waals surface area (Å²) >= 11 is 0. The Kier molecular flexibility index (Phi) is 11.5. The number of hydrogen-bond donors (Lipinski definition) is 0. The number of carbonyl (C=O) groups excluding carboxylic acids is 1. The molecule has 2 aromatic rings. The van der Waals surface area contributed by atoms with Crippen LogP contribution in [-0.2, 0) is 14.7 Å². The van der Waals surface area contributed by atoms with Crippen molar-refractivity contribution in [1.82, 2.24) is 0 Å². The molecular weight excluding hydrogens is 402 g/mol. The molecule has 2 aromatic carbocycles. The van der Waals surface area contributed by atoms with Gasteiger partial charge in [-0.3, -0.25) is 4.79 Å². The van der Waals surface area contributed by atoms with Crippen LogP contribution < -0.4 is 10.0 Å². The van der Waals surface area contributed by atoms with Gasteiger partial charge in [-0.05, 0) is 74.1 Å². The van der Waals surface area contributed by atoms with Crippen LogP contribution in [0.3, 0.4) is 0 Å². The van der Waals surface area contributed by atoms with Crippen LogP contribution in [0.4, 0.5) is 0 Å². The third-order valence-electron chi connectivity index (χ3n) is 4.83. The summed E-state index contributed by atoms with van der Waals surface area (Å²) in [6.07, 6.45) is 0. The third kappa shape index (κ3) is 7.74. The number of benzene rings is 2. The molecule has 0 fully saturated rings. The van der Waals surface area contributed by atoms with Crippen LogP contribution in [0.15, 0.2) is 36.4 Å². The molecule has 0 amide bonds. The summed E-state index contributed by atoms with van der Waals surface area (Å²) in [4.78, 5) is 13.7. The summed E-state index contributed by atoms with van der Waals surface area (Å²) in [7, 11) is -1.48. The van der Waals surface area contributed by atoms with Crippen molar-refractivity contribution in [2.45, 2.75) is 53.9 Å². The molecule has 31 heavy (non-hydrogen) atoms. The molecule has 0 aliphatic carbocycles. The molecular formula is C25H35LiO4P. The molecule has 165 valence electrons. The van der Waals surface area contributed by atoms with E-state index in [1.54, 1.807) is 0 Å². The molecule has 0 saturated carbocycles. The Labute approximate surface area is 201 Å². The van der Waals surface area contributed by atoms with Gasteiger partial charge in [0.2, 0.25) is 5.52 Å². The number of carbonyl (C=O) groups is 1. The van der Waals surface area contributed by atoms with E-state index in [-0.39, 0.29) is 29.8 Å². The van der Waals surface area contributed by atoms with Crippen molar-refractivity contribution >= 4 is 37.8 Å². The van der Waals surface area contributed by atoms with E-state index in [9.17, 15) is 4.79 Å². The zero-order chi connectivity index (χ0) is 22.3. The number of aryl methyl sites for hydroxylation is 2. The second kappa shape index (κ2) is 12.8. The molecule has 1 unspecified atom stereocenters. The average Bonchev–Trinajstić information content (AvgIpc) is 2.68. The van der Waals surface area contributed by atoms with E-state index < -0.39 is 8.15 Å². The SMILES string of the molecule is CCOCCOP(C(=O)c1c(C)cc(C(C)(C)C)cc1C)c1ccc(OCC)cc1.[Li]. The summed E-state index contributed by atoms with van der Waals surface area (Å²) < 4.78 is 17.1. The van der Waals surface area contributed by atoms with Crippen LogP contribution in [0.2, 0.25) is 0 Å². The first-order valence-corrected chi connectivity index (χ1v) is 11.8. The molecule has 0 bridgehead atoms. The van der Waals surface area contributed by atoms with E-state index >= 15 is 0 Å². The fourth-order valence-electron chi connectivity index (χ4n) is 3.26. The zero-order valence-electron chi connectivity index (χ0n) is 20.4. The van der Waals surface area contributed by atoms with Gasteiger partial charge in [0.1, 0.15) is 13.9 Å². The first kappa shape index (κ1) is 27.9. The van der Waals surface area contributed by atoms with Gasteiger partial charge in [-0.2, -0.15) is 0 Å². The molecule has 1 radical (unpaired) electrons. The second-order valence-electron chi connectivity index (χ2n) is 8.29. The van der Waals surface area contributed by atoms with Crippen molar-refractivity contribution in [2.75, 3.05) is 26.4 Å². The van der Waals surface area contributed by atoms with E-state index in [0.717, 1.165) is 27.7 Å². The standard InChI is InChI=1S/C25H35O4P.Li/c1-8-27-14-15-29-30(22-12-10-21(11-13-22)28-9-2)24(26)23-18(3)16-20(17-19(23)4)25(5,6)7;/h10-13,16-17H,8-9,14-15H2,1-7H3;. The minimum absolute atomic E-state index is 0. The van der Waals surface area contributed by atoms with Gasteiger partial charge in [-0.25, -0.2) is 0 Å². The molecule has 0 aliphatic heterocycles. The summed E-state index contributed by atoms with van der Waals surface area (Å²) in [6.45, 7) is 16.6. The van der Waals surface area contributed by atoms with Crippen molar-refractivity contribution in [3.05, 3.63) is 58.7 Å². The van der Waals surface area contributed by atoms with Gasteiger partial charge >= 0.3 is 0 Å². The van der Waals surface area contributed by atoms with Crippen molar-refractivity contribution in [3.8, 4) is 5.75 Å². The maximum Gasteiger partial charge on any atom is 0.216 e. The summed E-state index contributed by atoms with van der Waals surface area (Å²) in [6, 6.07) is 11.9. The predicted molar refractivity (Wildman–Crippen MR) is 131 cm³/mol. The van der Waals surface area contributed by atoms with Gasteiger partial charge in [0.05, 0.1) is 19.8 Å².